The van der Waals surface area contributed by atoms with Crippen LogP contribution in [0.15, 0.2) is 77.2 Å². The lowest BCUT2D eigenvalue weighted by Crippen LogP contribution is -2.30. The number of non-ortho nitro benzene ring substituents is 1. The van der Waals surface area contributed by atoms with Gasteiger partial charge in [-0.25, -0.2) is 4.98 Å². The third-order valence-corrected chi connectivity index (χ3v) is 5.61. The smallest absolute Gasteiger partial charge is 0.270 e. The Hall–Kier alpha value is -4.00. The molecule has 0 radical (unpaired) electrons. The Morgan fingerprint density at radius 2 is 1.87 bits per heavy atom. The van der Waals surface area contributed by atoms with Crippen LogP contribution in [0, 0.1) is 10.1 Å². The molecule has 0 aliphatic carbocycles. The van der Waals surface area contributed by atoms with Gasteiger partial charge in [0.25, 0.3) is 11.6 Å². The highest BCUT2D eigenvalue weighted by Gasteiger charge is 2.34. The number of nitrogens with zero attached hydrogens (tertiary/aromatic N) is 3. The van der Waals surface area contributed by atoms with E-state index in [1.54, 1.807) is 11.0 Å². The zero-order valence-electron chi connectivity index (χ0n) is 16.6. The SMILES string of the molecule is O=C(c1cccc([N+](=O)[O-])c1)N1CCC[C@@H]1c1nc2cc(-c3ccccc3)ccc2o1. The van der Waals surface area contributed by atoms with Gasteiger partial charge in [0.1, 0.15) is 11.6 Å². The van der Waals surface area contributed by atoms with Crippen LogP contribution in [-0.4, -0.2) is 27.3 Å². The molecule has 5 rings (SSSR count). The van der Waals surface area contributed by atoms with Crippen LogP contribution in [0.4, 0.5) is 5.69 Å². The summed E-state index contributed by atoms with van der Waals surface area (Å²) in [5, 5.41) is 11.1. The largest absolute Gasteiger partial charge is 0.438 e. The van der Waals surface area contributed by atoms with Crippen molar-refractivity contribution in [2.75, 3.05) is 6.54 Å². The van der Waals surface area contributed by atoms with E-state index >= 15 is 0 Å². The fourth-order valence-corrected chi connectivity index (χ4v) is 4.08. The summed E-state index contributed by atoms with van der Waals surface area (Å²) in [5.74, 6) is 0.245. The van der Waals surface area contributed by atoms with Crippen molar-refractivity contribution < 1.29 is 14.1 Å². The summed E-state index contributed by atoms with van der Waals surface area (Å²) in [6, 6.07) is 21.4. The van der Waals surface area contributed by atoms with Crippen LogP contribution in [-0.2, 0) is 0 Å². The van der Waals surface area contributed by atoms with Crippen LogP contribution < -0.4 is 0 Å². The lowest BCUT2D eigenvalue weighted by molar-refractivity contribution is -0.384. The van der Waals surface area contributed by atoms with Crippen LogP contribution in [0.3, 0.4) is 0 Å². The summed E-state index contributed by atoms with van der Waals surface area (Å²) in [6.45, 7) is 0.556. The predicted molar refractivity (Wildman–Crippen MR) is 116 cm³/mol. The minimum atomic E-state index is -0.497. The fraction of sp³-hybridized carbons (Fsp3) is 0.167. The van der Waals surface area contributed by atoms with E-state index in [2.05, 4.69) is 4.98 Å². The van der Waals surface area contributed by atoms with Crippen molar-refractivity contribution in [1.29, 1.82) is 0 Å². The molecular formula is C24H19N3O4. The molecule has 0 unspecified atom stereocenters. The van der Waals surface area contributed by atoms with Crippen LogP contribution in [0.5, 0.6) is 0 Å². The molecule has 1 saturated heterocycles. The van der Waals surface area contributed by atoms with Crippen molar-refractivity contribution in [3.63, 3.8) is 0 Å². The van der Waals surface area contributed by atoms with Gasteiger partial charge < -0.3 is 9.32 Å². The predicted octanol–water partition coefficient (Wildman–Crippen LogP) is 5.38. The summed E-state index contributed by atoms with van der Waals surface area (Å²) < 4.78 is 6.01. The van der Waals surface area contributed by atoms with E-state index in [-0.39, 0.29) is 17.6 Å². The minimum absolute atomic E-state index is 0.100. The van der Waals surface area contributed by atoms with E-state index in [0.717, 1.165) is 29.5 Å². The summed E-state index contributed by atoms with van der Waals surface area (Å²) in [7, 11) is 0. The number of carbonyl (C=O) groups excluding carboxylic acids is 1. The first-order chi connectivity index (χ1) is 15.1. The Kier molecular flexibility index (Phi) is 4.71. The summed E-state index contributed by atoms with van der Waals surface area (Å²) in [4.78, 5) is 30.0. The number of rotatable bonds is 4. The van der Waals surface area contributed by atoms with E-state index in [9.17, 15) is 14.9 Å². The Morgan fingerprint density at radius 3 is 2.68 bits per heavy atom. The molecule has 31 heavy (non-hydrogen) atoms. The average Bonchev–Trinajstić information content (AvgIpc) is 3.45. The van der Waals surface area contributed by atoms with Crippen molar-refractivity contribution in [2.24, 2.45) is 0 Å². The molecule has 1 aliphatic heterocycles. The van der Waals surface area contributed by atoms with Gasteiger partial charge in [0, 0.05) is 24.2 Å². The zero-order chi connectivity index (χ0) is 21.4. The minimum Gasteiger partial charge on any atom is -0.438 e. The van der Waals surface area contributed by atoms with Crippen molar-refractivity contribution in [3.05, 3.63) is 94.4 Å². The fourth-order valence-electron chi connectivity index (χ4n) is 4.08. The number of likely N-dealkylation sites (tertiary alicyclic amines) is 1. The molecule has 0 saturated carbocycles. The number of hydrogen-bond acceptors (Lipinski definition) is 5. The Bertz CT molecular complexity index is 1280. The number of nitro benzene ring substituents is 1. The zero-order valence-corrected chi connectivity index (χ0v) is 16.6. The molecule has 1 atom stereocenters. The maximum atomic E-state index is 13.1. The van der Waals surface area contributed by atoms with Gasteiger partial charge >= 0.3 is 0 Å². The highest BCUT2D eigenvalue weighted by Crippen LogP contribution is 2.35. The van der Waals surface area contributed by atoms with E-state index < -0.39 is 4.92 Å². The van der Waals surface area contributed by atoms with Gasteiger partial charge in [-0.1, -0.05) is 42.5 Å². The molecule has 0 bridgehead atoms. The summed E-state index contributed by atoms with van der Waals surface area (Å²) in [5.41, 5.74) is 3.75. The van der Waals surface area contributed by atoms with Gasteiger partial charge in [0.05, 0.1) is 4.92 Å². The third kappa shape index (κ3) is 3.54. The first-order valence-electron chi connectivity index (χ1n) is 10.1. The topological polar surface area (TPSA) is 89.5 Å². The van der Waals surface area contributed by atoms with Gasteiger partial charge in [-0.15, -0.1) is 0 Å². The molecule has 1 aromatic heterocycles. The number of benzene rings is 3. The van der Waals surface area contributed by atoms with Crippen LogP contribution in [0.2, 0.25) is 0 Å². The number of nitro groups is 1. The molecule has 2 heterocycles. The van der Waals surface area contributed by atoms with Gasteiger partial charge in [-0.3, -0.25) is 14.9 Å². The molecule has 154 valence electrons. The van der Waals surface area contributed by atoms with Gasteiger partial charge in [-0.2, -0.15) is 0 Å². The lowest BCUT2D eigenvalue weighted by Gasteiger charge is -2.22. The van der Waals surface area contributed by atoms with Crippen LogP contribution in [0.25, 0.3) is 22.2 Å². The Labute approximate surface area is 178 Å². The number of oxazole rings is 1. The monoisotopic (exact) mass is 413 g/mol. The molecule has 1 amide bonds. The van der Waals surface area contributed by atoms with Crippen LogP contribution >= 0.6 is 0 Å². The average molecular weight is 413 g/mol. The second-order valence-corrected chi connectivity index (χ2v) is 7.56. The number of amides is 1. The summed E-state index contributed by atoms with van der Waals surface area (Å²) >= 11 is 0. The molecule has 0 spiro atoms. The normalized spacial score (nSPS) is 16.0. The molecule has 7 heteroatoms. The number of fused-ring (bicyclic) bond motifs is 1. The second-order valence-electron chi connectivity index (χ2n) is 7.56. The lowest BCUT2D eigenvalue weighted by atomic mass is 10.1. The molecule has 0 N–H and O–H groups in total. The van der Waals surface area contributed by atoms with E-state index in [4.69, 9.17) is 4.42 Å². The number of aromatic nitrogens is 1. The first-order valence-corrected chi connectivity index (χ1v) is 10.1. The van der Waals surface area contributed by atoms with Gasteiger partial charge in [0.15, 0.2) is 5.58 Å². The maximum Gasteiger partial charge on any atom is 0.270 e. The third-order valence-electron chi connectivity index (χ3n) is 5.61. The first kappa shape index (κ1) is 19.0. The number of hydrogen-bond donors (Lipinski definition) is 0. The van der Waals surface area contributed by atoms with Crippen molar-refractivity contribution >= 4 is 22.7 Å². The van der Waals surface area contributed by atoms with Crippen LogP contribution in [0.1, 0.15) is 35.1 Å². The maximum absolute atomic E-state index is 13.1. The molecular weight excluding hydrogens is 394 g/mol. The Balaban J connectivity index is 1.45. The van der Waals surface area contributed by atoms with Crippen molar-refractivity contribution in [1.82, 2.24) is 9.88 Å². The van der Waals surface area contributed by atoms with E-state index in [1.165, 1.54) is 18.2 Å². The molecule has 4 aromatic rings. The quantitative estimate of drug-likeness (QED) is 0.331. The molecule has 1 fully saturated rings. The van der Waals surface area contributed by atoms with Crippen molar-refractivity contribution in [3.8, 4) is 11.1 Å². The summed E-state index contributed by atoms with van der Waals surface area (Å²) in [6.07, 6.45) is 1.55. The highest BCUT2D eigenvalue weighted by molar-refractivity contribution is 5.95. The van der Waals surface area contributed by atoms with E-state index in [0.29, 0.717) is 23.6 Å². The molecule has 1 aliphatic rings. The molecule has 7 nitrogen and oxygen atoms in total. The standard InChI is InChI=1S/C24H19N3O4/c28-24(18-8-4-9-19(14-18)27(29)30)26-13-5-10-21(26)23-25-20-15-17(11-12-22(20)31-23)16-6-2-1-3-7-16/h1-4,6-9,11-12,14-15,21H,5,10,13H2/t21-/m1/s1. The van der Waals surface area contributed by atoms with Crippen molar-refractivity contribution in [2.45, 2.75) is 18.9 Å². The van der Waals surface area contributed by atoms with E-state index in [1.807, 2.05) is 48.5 Å². The Morgan fingerprint density at radius 1 is 1.03 bits per heavy atom. The number of carbonyl (C=O) groups is 1. The van der Waals surface area contributed by atoms with Gasteiger partial charge in [0.2, 0.25) is 5.89 Å². The second kappa shape index (κ2) is 7.68. The molecule has 3 aromatic carbocycles. The highest BCUT2D eigenvalue weighted by atomic mass is 16.6. The van der Waals surface area contributed by atoms with Gasteiger partial charge in [-0.05, 0) is 42.2 Å².